The van der Waals surface area contributed by atoms with Crippen LogP contribution in [0.25, 0.3) is 11.4 Å². The average Bonchev–Trinajstić information content (AvgIpc) is 3.16. The Morgan fingerprint density at radius 1 is 1.13 bits per heavy atom. The number of benzene rings is 2. The molecular formula is C22H19ClF6N6O4. The van der Waals surface area contributed by atoms with Crippen LogP contribution >= 0.6 is 11.6 Å². The van der Waals surface area contributed by atoms with Gasteiger partial charge in [0.25, 0.3) is 0 Å². The third kappa shape index (κ3) is 7.08. The van der Waals surface area contributed by atoms with Gasteiger partial charge in [-0.3, -0.25) is 9.36 Å². The lowest BCUT2D eigenvalue weighted by Crippen LogP contribution is -2.41. The Bertz CT molecular complexity index is 1420. The first-order valence-corrected chi connectivity index (χ1v) is 11.1. The molecule has 1 amide bonds. The van der Waals surface area contributed by atoms with Crippen molar-refractivity contribution in [2.45, 2.75) is 37.6 Å². The van der Waals surface area contributed by atoms with Gasteiger partial charge in [-0.2, -0.15) is 26.3 Å². The number of aliphatic hydroxyl groups is 1. The van der Waals surface area contributed by atoms with E-state index in [1.165, 1.54) is 24.3 Å². The van der Waals surface area contributed by atoms with E-state index in [4.69, 9.17) is 22.5 Å². The molecule has 0 aliphatic rings. The van der Waals surface area contributed by atoms with Gasteiger partial charge >= 0.3 is 18.0 Å². The zero-order chi connectivity index (χ0) is 29.1. The van der Waals surface area contributed by atoms with Crippen LogP contribution in [-0.4, -0.2) is 48.7 Å². The van der Waals surface area contributed by atoms with E-state index in [0.29, 0.717) is 15.3 Å². The monoisotopic (exact) mass is 580 g/mol. The summed E-state index contributed by atoms with van der Waals surface area (Å²) >= 11 is 5.82. The van der Waals surface area contributed by atoms with Gasteiger partial charge in [0.05, 0.1) is 12.1 Å². The molecule has 2 atom stereocenters. The molecule has 0 aliphatic carbocycles. The van der Waals surface area contributed by atoms with Crippen molar-refractivity contribution in [2.75, 3.05) is 0 Å². The first-order chi connectivity index (χ1) is 18.1. The summed E-state index contributed by atoms with van der Waals surface area (Å²) in [6, 6.07) is 7.44. The van der Waals surface area contributed by atoms with Crippen LogP contribution in [0.4, 0.5) is 26.3 Å². The molecule has 0 aliphatic heterocycles. The first-order valence-electron chi connectivity index (χ1n) is 10.7. The number of hydrogen-bond acceptors (Lipinski definition) is 6. The number of nitrogens with two attached hydrogens (primary N) is 1. The molecule has 0 fully saturated rings. The Labute approximate surface area is 219 Å². The minimum absolute atomic E-state index is 0.128. The van der Waals surface area contributed by atoms with Gasteiger partial charge in [-0.15, -0.1) is 5.10 Å². The fourth-order valence-electron chi connectivity index (χ4n) is 3.42. The van der Waals surface area contributed by atoms with Crippen molar-refractivity contribution in [3.8, 4) is 11.4 Å². The van der Waals surface area contributed by atoms with Crippen LogP contribution in [0.1, 0.15) is 17.2 Å². The van der Waals surface area contributed by atoms with Crippen molar-refractivity contribution in [3.05, 3.63) is 75.2 Å². The summed E-state index contributed by atoms with van der Waals surface area (Å²) < 4.78 is 79.4. The van der Waals surface area contributed by atoms with Crippen molar-refractivity contribution in [3.63, 3.8) is 0 Å². The van der Waals surface area contributed by atoms with Crippen LogP contribution in [-0.2, 0) is 24.1 Å². The van der Waals surface area contributed by atoms with Gasteiger partial charge < -0.3 is 21.4 Å². The molecule has 0 bridgehead atoms. The largest absolute Gasteiger partial charge is 0.416 e. The normalized spacial score (nSPS) is 14.2. The van der Waals surface area contributed by atoms with Crippen molar-refractivity contribution in [2.24, 2.45) is 10.9 Å². The van der Waals surface area contributed by atoms with E-state index in [0.717, 1.165) is 18.2 Å². The molecule has 17 heteroatoms. The molecule has 1 aromatic heterocycles. The third-order valence-corrected chi connectivity index (χ3v) is 5.57. The number of nitrogens with one attached hydrogen (secondary N) is 1. The van der Waals surface area contributed by atoms with Gasteiger partial charge in [0, 0.05) is 10.6 Å². The van der Waals surface area contributed by atoms with Crippen molar-refractivity contribution in [1.29, 1.82) is 0 Å². The lowest BCUT2D eigenvalue weighted by molar-refractivity contribution is -0.207. The van der Waals surface area contributed by atoms with Crippen LogP contribution in [0.5, 0.6) is 0 Å². The molecule has 3 aromatic rings. The molecule has 1 heterocycles. The summed E-state index contributed by atoms with van der Waals surface area (Å²) in [4.78, 5) is 25.6. The number of aliphatic hydroxyl groups excluding tert-OH is 1. The Kier molecular flexibility index (Phi) is 8.60. The minimum atomic E-state index is -5.07. The smallest absolute Gasteiger partial charge is 0.409 e. The number of carbonyl (C=O) groups is 1. The third-order valence-electron chi connectivity index (χ3n) is 5.32. The van der Waals surface area contributed by atoms with Crippen molar-refractivity contribution < 1.29 is 41.5 Å². The summed E-state index contributed by atoms with van der Waals surface area (Å²) in [6.45, 7) is -2.18. The maximum absolute atomic E-state index is 13.1. The zero-order valence-corrected chi connectivity index (χ0v) is 20.2. The molecule has 0 saturated carbocycles. The molecule has 2 aromatic carbocycles. The number of hydrogen-bond donors (Lipinski definition) is 4. The first kappa shape index (κ1) is 29.5. The number of oxime groups is 1. The molecule has 0 spiro atoms. The minimum Gasteiger partial charge on any atom is -0.409 e. The second kappa shape index (κ2) is 11.4. The number of nitrogens with zero attached hydrogens (tertiary/aromatic N) is 4. The fraction of sp³-hybridized carbons (Fsp3) is 0.273. The molecule has 3 rings (SSSR count). The highest BCUT2D eigenvalue weighted by Gasteiger charge is 2.39. The van der Waals surface area contributed by atoms with Crippen LogP contribution in [0.2, 0.25) is 5.02 Å². The average molecular weight is 581 g/mol. The fourth-order valence-corrected chi connectivity index (χ4v) is 3.55. The van der Waals surface area contributed by atoms with E-state index in [2.05, 4.69) is 15.6 Å². The number of amidine groups is 1. The van der Waals surface area contributed by atoms with E-state index < -0.39 is 60.6 Å². The Balaban J connectivity index is 1.96. The maximum atomic E-state index is 13.1. The quantitative estimate of drug-likeness (QED) is 0.106. The molecule has 10 nitrogen and oxygen atoms in total. The second-order valence-corrected chi connectivity index (χ2v) is 8.52. The van der Waals surface area contributed by atoms with Crippen LogP contribution in [0.15, 0.2) is 58.5 Å². The van der Waals surface area contributed by atoms with Crippen LogP contribution in [0, 0.1) is 0 Å². The molecule has 0 saturated heterocycles. The Morgan fingerprint density at radius 2 is 1.77 bits per heavy atom. The number of aromatic nitrogens is 3. The van der Waals surface area contributed by atoms with Gasteiger partial charge in [-0.05, 0) is 42.0 Å². The highest BCUT2D eigenvalue weighted by molar-refractivity contribution is 6.30. The highest BCUT2D eigenvalue weighted by Crippen LogP contribution is 2.31. The predicted octanol–water partition coefficient (Wildman–Crippen LogP) is 2.91. The molecule has 210 valence electrons. The number of alkyl halides is 6. The summed E-state index contributed by atoms with van der Waals surface area (Å²) in [5, 5.41) is 27.7. The van der Waals surface area contributed by atoms with Crippen LogP contribution in [0.3, 0.4) is 0 Å². The van der Waals surface area contributed by atoms with Crippen molar-refractivity contribution in [1.82, 2.24) is 19.7 Å². The summed E-state index contributed by atoms with van der Waals surface area (Å²) in [6.07, 6.45) is -12.8. The maximum Gasteiger partial charge on any atom is 0.416 e. The van der Waals surface area contributed by atoms with Gasteiger partial charge in [0.1, 0.15) is 12.6 Å². The Morgan fingerprint density at radius 3 is 2.33 bits per heavy atom. The molecular weight excluding hydrogens is 562 g/mol. The van der Waals surface area contributed by atoms with E-state index in [-0.39, 0.29) is 22.0 Å². The molecule has 39 heavy (non-hydrogen) atoms. The summed E-state index contributed by atoms with van der Waals surface area (Å²) in [7, 11) is 0. The van der Waals surface area contributed by atoms with E-state index in [1.807, 2.05) is 0 Å². The lowest BCUT2D eigenvalue weighted by Gasteiger charge is -2.19. The molecule has 0 radical (unpaired) electrons. The lowest BCUT2D eigenvalue weighted by atomic mass is 10.0. The summed E-state index contributed by atoms with van der Waals surface area (Å²) in [5.74, 6) is -2.11. The predicted molar refractivity (Wildman–Crippen MR) is 125 cm³/mol. The SMILES string of the molecule is NC(=NO)C(NC(=O)Cn1nc(-c2ccc(Cl)cc2)n(CC(O)C(F)(F)F)c1=O)c1cccc(C(F)(F)F)c1. The topological polar surface area (TPSA) is 148 Å². The standard InChI is InChI=1S/C22H19ClF6N6O4/c23-14-6-4-11(5-7-14)19-32-35(20(38)34(19)9-15(36)22(27,28)29)10-16(37)31-17(18(30)33-39)12-2-1-3-13(8-12)21(24,25)26/h1-8,15,17,36,39H,9-10H2,(H2,30,33)(H,31,37). The zero-order valence-electron chi connectivity index (χ0n) is 19.4. The second-order valence-electron chi connectivity index (χ2n) is 8.09. The highest BCUT2D eigenvalue weighted by atomic mass is 35.5. The van der Waals surface area contributed by atoms with Gasteiger partial charge in [0.2, 0.25) is 5.91 Å². The van der Waals surface area contributed by atoms with Crippen molar-refractivity contribution >= 4 is 23.3 Å². The van der Waals surface area contributed by atoms with Crippen LogP contribution < -0.4 is 16.7 Å². The number of amides is 1. The number of halogens is 7. The van der Waals surface area contributed by atoms with E-state index >= 15 is 0 Å². The number of rotatable bonds is 8. The van der Waals surface area contributed by atoms with Gasteiger partial charge in [-0.25, -0.2) is 9.48 Å². The summed E-state index contributed by atoms with van der Waals surface area (Å²) in [5.41, 5.74) is 3.17. The van der Waals surface area contributed by atoms with Gasteiger partial charge in [0.15, 0.2) is 17.8 Å². The van der Waals surface area contributed by atoms with E-state index in [1.54, 1.807) is 0 Å². The van der Waals surface area contributed by atoms with E-state index in [9.17, 15) is 41.0 Å². The molecule has 2 unspecified atom stereocenters. The van der Waals surface area contributed by atoms with Gasteiger partial charge in [-0.1, -0.05) is 28.9 Å². The molecule has 5 N–H and O–H groups in total. The number of carbonyl (C=O) groups excluding carboxylic acids is 1. The Hall–Kier alpha value is -4.05.